The molecule has 0 aliphatic rings. The lowest BCUT2D eigenvalue weighted by Crippen LogP contribution is -2.36. The molecular formula is C21H24N6O4S2. The van der Waals surface area contributed by atoms with Gasteiger partial charge < -0.3 is 5.73 Å². The van der Waals surface area contributed by atoms with Gasteiger partial charge in [0.05, 0.1) is 10.6 Å². The number of hydrogen-bond donors (Lipinski definition) is 2. The number of rotatable bonds is 9. The van der Waals surface area contributed by atoms with Crippen LogP contribution in [0, 0.1) is 0 Å². The van der Waals surface area contributed by atoms with E-state index in [9.17, 15) is 18.0 Å². The Labute approximate surface area is 196 Å². The number of nitrogens with two attached hydrogens (primary N) is 1. The average molecular weight is 489 g/mol. The number of nitrogens with one attached hydrogen (secondary N) is 1. The van der Waals surface area contributed by atoms with Crippen molar-refractivity contribution in [3.8, 4) is 17.1 Å². The minimum atomic E-state index is -3.66. The topological polar surface area (TPSA) is 140 Å². The van der Waals surface area contributed by atoms with Crippen molar-refractivity contribution in [3.63, 3.8) is 0 Å². The molecule has 0 bridgehead atoms. The average Bonchev–Trinajstić information content (AvgIpc) is 3.22. The Morgan fingerprint density at radius 1 is 1.06 bits per heavy atom. The lowest BCUT2D eigenvalue weighted by atomic mass is 10.2. The van der Waals surface area contributed by atoms with Crippen molar-refractivity contribution in [1.29, 1.82) is 0 Å². The van der Waals surface area contributed by atoms with Gasteiger partial charge in [0.2, 0.25) is 15.9 Å². The van der Waals surface area contributed by atoms with Gasteiger partial charge >= 0.3 is 6.03 Å². The third-order valence-corrected chi connectivity index (χ3v) is 7.65. The van der Waals surface area contributed by atoms with Crippen LogP contribution in [0.15, 0.2) is 64.6 Å². The Hall–Kier alpha value is -3.22. The van der Waals surface area contributed by atoms with Crippen LogP contribution in [0.2, 0.25) is 0 Å². The Morgan fingerprint density at radius 2 is 1.76 bits per heavy atom. The van der Waals surface area contributed by atoms with Gasteiger partial charge in [-0.1, -0.05) is 55.9 Å². The SMILES string of the molecule is CCN(CC)S(=O)(=O)c1cccc(-c2nnc(SCC(=O)NC(N)=O)n2-c2ccccc2)c1. The first-order valence-corrected chi connectivity index (χ1v) is 12.5. The van der Waals surface area contributed by atoms with Crippen LogP contribution in [0.5, 0.6) is 0 Å². The van der Waals surface area contributed by atoms with E-state index in [-0.39, 0.29) is 10.6 Å². The summed E-state index contributed by atoms with van der Waals surface area (Å²) in [6.07, 6.45) is 0. The zero-order valence-electron chi connectivity index (χ0n) is 18.1. The summed E-state index contributed by atoms with van der Waals surface area (Å²) in [7, 11) is -3.66. The summed E-state index contributed by atoms with van der Waals surface area (Å²) < 4.78 is 29.1. The van der Waals surface area contributed by atoms with E-state index in [0.717, 1.165) is 17.4 Å². The van der Waals surface area contributed by atoms with Gasteiger partial charge in [-0.15, -0.1) is 10.2 Å². The Bertz CT molecular complexity index is 1240. The number of nitrogens with zero attached hydrogens (tertiary/aromatic N) is 4. The van der Waals surface area contributed by atoms with Crippen LogP contribution < -0.4 is 11.1 Å². The molecule has 3 amide bonds. The number of aromatic nitrogens is 3. The largest absolute Gasteiger partial charge is 0.351 e. The number of primary amides is 1. The molecule has 0 saturated carbocycles. The first-order chi connectivity index (χ1) is 15.8. The quantitative estimate of drug-likeness (QED) is 0.440. The monoisotopic (exact) mass is 488 g/mol. The van der Waals surface area contributed by atoms with E-state index in [1.54, 1.807) is 42.7 Å². The Morgan fingerprint density at radius 3 is 2.39 bits per heavy atom. The zero-order valence-corrected chi connectivity index (χ0v) is 19.8. The predicted molar refractivity (Wildman–Crippen MR) is 125 cm³/mol. The van der Waals surface area contributed by atoms with Crippen molar-refractivity contribution in [2.24, 2.45) is 5.73 Å². The number of sulfonamides is 1. The second-order valence-electron chi connectivity index (χ2n) is 6.80. The van der Waals surface area contributed by atoms with Gasteiger partial charge in [-0.05, 0) is 24.3 Å². The predicted octanol–water partition coefficient (Wildman–Crippen LogP) is 2.25. The van der Waals surface area contributed by atoms with Gasteiger partial charge in [0.1, 0.15) is 0 Å². The summed E-state index contributed by atoms with van der Waals surface area (Å²) in [5.41, 5.74) is 6.27. The maximum absolute atomic E-state index is 13.0. The highest BCUT2D eigenvalue weighted by Gasteiger charge is 2.23. The van der Waals surface area contributed by atoms with Crippen molar-refractivity contribution in [2.45, 2.75) is 23.9 Å². The summed E-state index contributed by atoms with van der Waals surface area (Å²) in [5.74, 6) is -0.260. The fourth-order valence-electron chi connectivity index (χ4n) is 3.17. The standard InChI is InChI=1S/C21H24N6O4S2/c1-3-26(4-2)33(30,31)17-12-8-9-15(13-17)19-24-25-21(32-14-18(28)23-20(22)29)27(19)16-10-6-5-7-11-16/h5-13H,3-4,14H2,1-2H3,(H3,22,23,28,29). The molecule has 2 aromatic carbocycles. The van der Waals surface area contributed by atoms with E-state index in [0.29, 0.717) is 29.6 Å². The number of hydrogen-bond acceptors (Lipinski definition) is 7. The lowest BCUT2D eigenvalue weighted by Gasteiger charge is -2.19. The highest BCUT2D eigenvalue weighted by atomic mass is 32.2. The van der Waals surface area contributed by atoms with Crippen LogP contribution >= 0.6 is 11.8 Å². The maximum Gasteiger partial charge on any atom is 0.318 e. The molecule has 174 valence electrons. The molecule has 0 radical (unpaired) electrons. The highest BCUT2D eigenvalue weighted by Crippen LogP contribution is 2.29. The first-order valence-electron chi connectivity index (χ1n) is 10.1. The number of urea groups is 1. The summed E-state index contributed by atoms with van der Waals surface area (Å²) in [6, 6.07) is 14.8. The van der Waals surface area contributed by atoms with Crippen molar-refractivity contribution in [1.82, 2.24) is 24.4 Å². The van der Waals surface area contributed by atoms with Gasteiger partial charge in [0.25, 0.3) is 0 Å². The summed E-state index contributed by atoms with van der Waals surface area (Å²) in [4.78, 5) is 22.9. The molecule has 0 spiro atoms. The van der Waals surface area contributed by atoms with Crippen LogP contribution in [0.25, 0.3) is 17.1 Å². The Kier molecular flexibility index (Phi) is 7.84. The van der Waals surface area contributed by atoms with E-state index in [4.69, 9.17) is 5.73 Å². The second kappa shape index (κ2) is 10.6. The number of amides is 3. The van der Waals surface area contributed by atoms with Crippen molar-refractivity contribution >= 4 is 33.7 Å². The van der Waals surface area contributed by atoms with Gasteiger partial charge in [-0.25, -0.2) is 13.2 Å². The third-order valence-electron chi connectivity index (χ3n) is 4.68. The number of benzene rings is 2. The van der Waals surface area contributed by atoms with E-state index < -0.39 is 22.0 Å². The lowest BCUT2D eigenvalue weighted by molar-refractivity contribution is -0.117. The number of para-hydroxylation sites is 1. The third kappa shape index (κ3) is 5.59. The van der Waals surface area contributed by atoms with Crippen molar-refractivity contribution in [3.05, 3.63) is 54.6 Å². The number of carbonyl (C=O) groups is 2. The van der Waals surface area contributed by atoms with Crippen LogP contribution in [-0.4, -0.2) is 58.3 Å². The first kappa shape index (κ1) is 24.4. The smallest absolute Gasteiger partial charge is 0.318 e. The molecule has 0 aliphatic heterocycles. The molecule has 0 unspecified atom stereocenters. The van der Waals surface area contributed by atoms with Gasteiger partial charge in [-0.3, -0.25) is 14.7 Å². The van der Waals surface area contributed by atoms with E-state index in [1.807, 2.05) is 35.6 Å². The molecule has 3 rings (SSSR count). The Balaban J connectivity index is 2.04. The molecule has 3 N–H and O–H groups in total. The van der Waals surface area contributed by atoms with Crippen molar-refractivity contribution in [2.75, 3.05) is 18.8 Å². The molecule has 0 saturated heterocycles. The van der Waals surface area contributed by atoms with E-state index in [2.05, 4.69) is 10.2 Å². The molecule has 0 aliphatic carbocycles. The van der Waals surface area contributed by atoms with Gasteiger partial charge in [-0.2, -0.15) is 4.31 Å². The summed E-state index contributed by atoms with van der Waals surface area (Å²) in [6.45, 7) is 4.29. The zero-order chi connectivity index (χ0) is 24.0. The molecule has 3 aromatic rings. The van der Waals surface area contributed by atoms with Crippen LogP contribution in [0.3, 0.4) is 0 Å². The van der Waals surface area contributed by atoms with E-state index >= 15 is 0 Å². The molecular weight excluding hydrogens is 464 g/mol. The number of carbonyl (C=O) groups excluding carboxylic acids is 2. The highest BCUT2D eigenvalue weighted by molar-refractivity contribution is 7.99. The minimum absolute atomic E-state index is 0.107. The van der Waals surface area contributed by atoms with Gasteiger partial charge in [0, 0.05) is 24.3 Å². The minimum Gasteiger partial charge on any atom is -0.351 e. The van der Waals surface area contributed by atoms with Crippen LogP contribution in [0.4, 0.5) is 4.79 Å². The van der Waals surface area contributed by atoms with Crippen LogP contribution in [-0.2, 0) is 14.8 Å². The van der Waals surface area contributed by atoms with E-state index in [1.165, 1.54) is 4.31 Å². The molecule has 1 heterocycles. The second-order valence-corrected chi connectivity index (χ2v) is 9.68. The molecule has 1 aromatic heterocycles. The number of imide groups is 1. The molecule has 10 nitrogen and oxygen atoms in total. The molecule has 33 heavy (non-hydrogen) atoms. The van der Waals surface area contributed by atoms with Gasteiger partial charge in [0.15, 0.2) is 11.0 Å². The van der Waals surface area contributed by atoms with Crippen molar-refractivity contribution < 1.29 is 18.0 Å². The summed E-state index contributed by atoms with van der Waals surface area (Å²) in [5, 5.41) is 10.9. The van der Waals surface area contributed by atoms with Crippen LogP contribution in [0.1, 0.15) is 13.8 Å². The summed E-state index contributed by atoms with van der Waals surface area (Å²) >= 11 is 1.07. The molecule has 0 fully saturated rings. The fourth-order valence-corrected chi connectivity index (χ4v) is 5.43. The molecule has 0 atom stereocenters. The number of thioether (sulfide) groups is 1. The fraction of sp³-hybridized carbons (Fsp3) is 0.238. The maximum atomic E-state index is 13.0. The molecule has 12 heteroatoms. The normalized spacial score (nSPS) is 11.5.